The Kier molecular flexibility index (Phi) is 7.27. The summed E-state index contributed by atoms with van der Waals surface area (Å²) in [6.45, 7) is -0.658. The summed E-state index contributed by atoms with van der Waals surface area (Å²) in [6.07, 6.45) is 2.53. The Bertz CT molecular complexity index is 1130. The molecule has 170 valence electrons. The predicted molar refractivity (Wildman–Crippen MR) is 111 cm³/mol. The fraction of sp³-hybridized carbons (Fsp3) is 0.227. The van der Waals surface area contributed by atoms with Crippen LogP contribution in [0.15, 0.2) is 47.5 Å². The monoisotopic (exact) mass is 469 g/mol. The van der Waals surface area contributed by atoms with E-state index < -0.39 is 39.1 Å². The molecule has 0 aromatic heterocycles. The van der Waals surface area contributed by atoms with Gasteiger partial charge in [-0.05, 0) is 47.5 Å². The van der Waals surface area contributed by atoms with Gasteiger partial charge in [0.05, 0.1) is 12.4 Å². The van der Waals surface area contributed by atoms with Crippen LogP contribution >= 0.6 is 0 Å². The highest BCUT2D eigenvalue weighted by molar-refractivity contribution is 7.89. The van der Waals surface area contributed by atoms with Crippen LogP contribution in [0.25, 0.3) is 12.2 Å². The van der Waals surface area contributed by atoms with Crippen molar-refractivity contribution >= 4 is 28.0 Å². The van der Waals surface area contributed by atoms with Crippen molar-refractivity contribution < 1.29 is 35.5 Å². The molecule has 32 heavy (non-hydrogen) atoms. The van der Waals surface area contributed by atoms with E-state index in [9.17, 15) is 30.8 Å². The SMILES string of the molecule is COCCS(=O)(=O)N1C/C(=C\c2ccc(F)c(F)c2)C(=O)/C(=C/c2ccc(F)c(F)c2)C1. The molecule has 3 rings (SSSR count). The highest BCUT2D eigenvalue weighted by Crippen LogP contribution is 2.25. The number of Topliss-reactive ketones (excluding diaryl/α,β-unsaturated/α-hetero) is 1. The van der Waals surface area contributed by atoms with Crippen LogP contribution in [0.2, 0.25) is 0 Å². The Morgan fingerprint density at radius 1 is 0.875 bits per heavy atom. The van der Waals surface area contributed by atoms with Crippen molar-refractivity contribution in [2.45, 2.75) is 0 Å². The van der Waals surface area contributed by atoms with E-state index in [1.165, 1.54) is 31.4 Å². The molecule has 0 amide bonds. The summed E-state index contributed by atoms with van der Waals surface area (Å²) in [5.41, 5.74) is 0.347. The zero-order chi connectivity index (χ0) is 23.5. The predicted octanol–water partition coefficient (Wildman–Crippen LogP) is 3.57. The van der Waals surface area contributed by atoms with E-state index >= 15 is 0 Å². The van der Waals surface area contributed by atoms with E-state index in [0.29, 0.717) is 0 Å². The zero-order valence-corrected chi connectivity index (χ0v) is 17.8. The lowest BCUT2D eigenvalue weighted by Crippen LogP contribution is -2.43. The minimum atomic E-state index is -3.84. The molecule has 0 aliphatic carbocycles. The molecule has 1 fully saturated rings. The number of hydrogen-bond donors (Lipinski definition) is 0. The van der Waals surface area contributed by atoms with Gasteiger partial charge in [0.1, 0.15) is 0 Å². The maximum Gasteiger partial charge on any atom is 0.216 e. The molecule has 0 radical (unpaired) electrons. The number of sulfonamides is 1. The molecule has 0 atom stereocenters. The summed E-state index contributed by atoms with van der Waals surface area (Å²) in [6, 6.07) is 6.03. The Morgan fingerprint density at radius 3 is 1.75 bits per heavy atom. The molecule has 1 aliphatic rings. The van der Waals surface area contributed by atoms with Crippen molar-refractivity contribution in [1.82, 2.24) is 4.31 Å². The van der Waals surface area contributed by atoms with Gasteiger partial charge in [-0.25, -0.2) is 26.0 Å². The maximum absolute atomic E-state index is 13.6. The van der Waals surface area contributed by atoms with Crippen molar-refractivity contribution in [1.29, 1.82) is 0 Å². The third kappa shape index (κ3) is 5.50. The minimum absolute atomic E-state index is 0.0112. The van der Waals surface area contributed by atoms with E-state index in [-0.39, 0.29) is 47.7 Å². The van der Waals surface area contributed by atoms with Crippen LogP contribution in [0, 0.1) is 23.3 Å². The van der Waals surface area contributed by atoms with E-state index in [0.717, 1.165) is 28.6 Å². The molecule has 10 heteroatoms. The highest BCUT2D eigenvalue weighted by Gasteiger charge is 2.33. The van der Waals surface area contributed by atoms with Crippen LogP contribution in [0.4, 0.5) is 17.6 Å². The van der Waals surface area contributed by atoms with Crippen LogP contribution < -0.4 is 0 Å². The van der Waals surface area contributed by atoms with Gasteiger partial charge in [0.25, 0.3) is 0 Å². The van der Waals surface area contributed by atoms with E-state index in [1.807, 2.05) is 0 Å². The third-order valence-corrected chi connectivity index (χ3v) is 6.51. The van der Waals surface area contributed by atoms with Gasteiger partial charge in [0.2, 0.25) is 10.0 Å². The minimum Gasteiger partial charge on any atom is -0.384 e. The number of hydrogen-bond acceptors (Lipinski definition) is 4. The van der Waals surface area contributed by atoms with Crippen LogP contribution in [-0.4, -0.2) is 51.1 Å². The van der Waals surface area contributed by atoms with E-state index in [4.69, 9.17) is 4.74 Å². The first kappa shape index (κ1) is 23.8. The Balaban J connectivity index is 2.04. The molecule has 0 unspecified atom stereocenters. The van der Waals surface area contributed by atoms with Crippen molar-refractivity contribution in [2.24, 2.45) is 0 Å². The first-order valence-corrected chi connectivity index (χ1v) is 11.0. The smallest absolute Gasteiger partial charge is 0.216 e. The molecule has 2 aromatic carbocycles. The molecule has 0 saturated carbocycles. The van der Waals surface area contributed by atoms with E-state index in [2.05, 4.69) is 0 Å². The zero-order valence-electron chi connectivity index (χ0n) is 16.9. The van der Waals surface area contributed by atoms with Crippen molar-refractivity contribution in [3.8, 4) is 0 Å². The number of carbonyl (C=O) groups excluding carboxylic acids is 1. The third-order valence-electron chi connectivity index (χ3n) is 4.78. The lowest BCUT2D eigenvalue weighted by molar-refractivity contribution is -0.113. The summed E-state index contributed by atoms with van der Waals surface area (Å²) in [5.74, 6) is -5.25. The first-order chi connectivity index (χ1) is 15.1. The number of ether oxygens (including phenoxy) is 1. The summed E-state index contributed by atoms with van der Waals surface area (Å²) in [4.78, 5) is 13.0. The molecular formula is C22H19F4NO4S. The van der Waals surface area contributed by atoms with E-state index in [1.54, 1.807) is 0 Å². The topological polar surface area (TPSA) is 63.7 Å². The van der Waals surface area contributed by atoms with Crippen LogP contribution in [0.1, 0.15) is 11.1 Å². The van der Waals surface area contributed by atoms with Gasteiger partial charge in [-0.15, -0.1) is 0 Å². The number of benzene rings is 2. The number of ketones is 1. The van der Waals surface area contributed by atoms with Crippen LogP contribution in [-0.2, 0) is 19.6 Å². The molecular weight excluding hydrogens is 450 g/mol. The first-order valence-electron chi connectivity index (χ1n) is 9.43. The van der Waals surface area contributed by atoms with Gasteiger partial charge >= 0.3 is 0 Å². The summed E-state index contributed by atoms with van der Waals surface area (Å²) in [7, 11) is -2.50. The second kappa shape index (κ2) is 9.76. The summed E-state index contributed by atoms with van der Waals surface area (Å²) < 4.78 is 84.9. The number of rotatable bonds is 6. The Labute approximate surface area is 182 Å². The lowest BCUT2D eigenvalue weighted by Gasteiger charge is -2.29. The van der Waals surface area contributed by atoms with Crippen LogP contribution in [0.5, 0.6) is 0 Å². The molecule has 0 bridgehead atoms. The number of methoxy groups -OCH3 is 1. The molecule has 1 aliphatic heterocycles. The maximum atomic E-state index is 13.6. The summed E-state index contributed by atoms with van der Waals surface area (Å²) >= 11 is 0. The molecule has 0 spiro atoms. The Morgan fingerprint density at radius 2 is 1.34 bits per heavy atom. The number of halogens is 4. The van der Waals surface area contributed by atoms with Gasteiger partial charge < -0.3 is 4.74 Å². The lowest BCUT2D eigenvalue weighted by atomic mass is 9.95. The molecule has 2 aromatic rings. The quantitative estimate of drug-likeness (QED) is 0.480. The highest BCUT2D eigenvalue weighted by atomic mass is 32.2. The molecule has 0 N–H and O–H groups in total. The van der Waals surface area contributed by atoms with Gasteiger partial charge in [0.15, 0.2) is 29.1 Å². The number of carbonyl (C=O) groups is 1. The molecule has 1 heterocycles. The van der Waals surface area contributed by atoms with Gasteiger partial charge in [0, 0.05) is 31.3 Å². The largest absolute Gasteiger partial charge is 0.384 e. The molecule has 5 nitrogen and oxygen atoms in total. The average Bonchev–Trinajstić information content (AvgIpc) is 2.74. The second-order valence-electron chi connectivity index (χ2n) is 7.09. The fourth-order valence-corrected chi connectivity index (χ4v) is 4.44. The Hall–Kier alpha value is -2.82. The fourth-order valence-electron chi connectivity index (χ4n) is 3.13. The number of nitrogens with zero attached hydrogens (tertiary/aromatic N) is 1. The van der Waals surface area contributed by atoms with Gasteiger partial charge in [-0.3, -0.25) is 4.79 Å². The number of piperidine rings is 1. The van der Waals surface area contributed by atoms with Gasteiger partial charge in [-0.1, -0.05) is 12.1 Å². The van der Waals surface area contributed by atoms with Crippen molar-refractivity contribution in [3.05, 3.63) is 81.9 Å². The van der Waals surface area contributed by atoms with Crippen molar-refractivity contribution in [3.63, 3.8) is 0 Å². The second-order valence-corrected chi connectivity index (χ2v) is 9.18. The normalized spacial score (nSPS) is 18.0. The van der Waals surface area contributed by atoms with Gasteiger partial charge in [-0.2, -0.15) is 4.31 Å². The van der Waals surface area contributed by atoms with Crippen LogP contribution in [0.3, 0.4) is 0 Å². The standard InChI is InChI=1S/C22H19F4NO4S/c1-31-6-7-32(29,30)27-12-16(8-14-2-4-18(23)20(25)10-14)22(28)17(13-27)9-15-3-5-19(24)21(26)11-15/h2-5,8-11H,6-7,12-13H2,1H3/b16-8+,17-9+. The van der Waals surface area contributed by atoms with Crippen molar-refractivity contribution in [2.75, 3.05) is 32.6 Å². The summed E-state index contributed by atoms with van der Waals surface area (Å²) in [5, 5.41) is 0. The molecule has 1 saturated heterocycles. The average molecular weight is 469 g/mol.